The van der Waals surface area contributed by atoms with Crippen molar-refractivity contribution in [1.82, 2.24) is 10.2 Å². The first-order chi connectivity index (χ1) is 9.33. The van der Waals surface area contributed by atoms with E-state index in [1.165, 1.54) is 71.0 Å². The first-order valence-electron chi connectivity index (χ1n) is 8.79. The molecule has 112 valence electrons. The van der Waals surface area contributed by atoms with Crippen LogP contribution >= 0.6 is 0 Å². The van der Waals surface area contributed by atoms with E-state index in [0.29, 0.717) is 0 Å². The highest BCUT2D eigenvalue weighted by atomic mass is 15.1. The lowest BCUT2D eigenvalue weighted by atomic mass is 9.84. The summed E-state index contributed by atoms with van der Waals surface area (Å²) in [7, 11) is 0. The summed E-state index contributed by atoms with van der Waals surface area (Å²) in [6.07, 6.45) is 11.6. The number of hydrogen-bond acceptors (Lipinski definition) is 2. The molecule has 2 heteroatoms. The Bertz CT molecular complexity index is 237. The Labute approximate surface area is 120 Å². The molecule has 0 amide bonds. The molecule has 0 aliphatic heterocycles. The van der Waals surface area contributed by atoms with Crippen molar-refractivity contribution in [3.63, 3.8) is 0 Å². The van der Waals surface area contributed by atoms with Crippen LogP contribution in [0.3, 0.4) is 0 Å². The summed E-state index contributed by atoms with van der Waals surface area (Å²) in [6.45, 7) is 9.68. The molecule has 0 saturated heterocycles. The minimum atomic E-state index is 0.781. The molecule has 0 spiro atoms. The van der Waals surface area contributed by atoms with Gasteiger partial charge in [0, 0.05) is 19.1 Å². The molecule has 2 unspecified atom stereocenters. The van der Waals surface area contributed by atoms with E-state index in [-0.39, 0.29) is 0 Å². The van der Waals surface area contributed by atoms with Gasteiger partial charge < -0.3 is 10.2 Å². The summed E-state index contributed by atoms with van der Waals surface area (Å²) in [5.41, 5.74) is 0. The SMILES string of the molecule is CCNC1CCCCCC1CN(CC)CC1CCC1. The highest BCUT2D eigenvalue weighted by Crippen LogP contribution is 2.29. The van der Waals surface area contributed by atoms with Crippen molar-refractivity contribution in [2.75, 3.05) is 26.2 Å². The summed E-state index contributed by atoms with van der Waals surface area (Å²) in [4.78, 5) is 2.74. The van der Waals surface area contributed by atoms with Crippen LogP contribution in [-0.4, -0.2) is 37.1 Å². The third-order valence-electron chi connectivity index (χ3n) is 5.31. The van der Waals surface area contributed by atoms with Crippen LogP contribution in [0.25, 0.3) is 0 Å². The molecule has 0 radical (unpaired) electrons. The fraction of sp³-hybridized carbons (Fsp3) is 1.00. The Kier molecular flexibility index (Phi) is 6.66. The smallest absolute Gasteiger partial charge is 0.0107 e. The van der Waals surface area contributed by atoms with Crippen molar-refractivity contribution in [3.05, 3.63) is 0 Å². The molecule has 2 rings (SSSR count). The quantitative estimate of drug-likeness (QED) is 0.707. The minimum Gasteiger partial charge on any atom is -0.314 e. The Morgan fingerprint density at radius 2 is 1.68 bits per heavy atom. The Balaban J connectivity index is 1.83. The molecule has 1 N–H and O–H groups in total. The van der Waals surface area contributed by atoms with Gasteiger partial charge in [0.05, 0.1) is 0 Å². The summed E-state index contributed by atoms with van der Waals surface area (Å²) in [5, 5.41) is 3.76. The van der Waals surface area contributed by atoms with E-state index in [1.807, 2.05) is 0 Å². The molecule has 19 heavy (non-hydrogen) atoms. The van der Waals surface area contributed by atoms with E-state index in [9.17, 15) is 0 Å². The zero-order valence-electron chi connectivity index (χ0n) is 13.2. The van der Waals surface area contributed by atoms with Gasteiger partial charge >= 0.3 is 0 Å². The van der Waals surface area contributed by atoms with Gasteiger partial charge in [0.1, 0.15) is 0 Å². The van der Waals surface area contributed by atoms with E-state index in [4.69, 9.17) is 0 Å². The zero-order chi connectivity index (χ0) is 13.5. The van der Waals surface area contributed by atoms with Gasteiger partial charge in [-0.05, 0) is 50.6 Å². The largest absolute Gasteiger partial charge is 0.314 e. The molecular weight excluding hydrogens is 232 g/mol. The highest BCUT2D eigenvalue weighted by molar-refractivity contribution is 4.83. The van der Waals surface area contributed by atoms with Crippen molar-refractivity contribution in [1.29, 1.82) is 0 Å². The van der Waals surface area contributed by atoms with E-state index in [1.54, 1.807) is 0 Å². The van der Waals surface area contributed by atoms with Crippen LogP contribution in [0.1, 0.15) is 65.2 Å². The third-order valence-corrected chi connectivity index (χ3v) is 5.31. The van der Waals surface area contributed by atoms with Gasteiger partial charge in [-0.3, -0.25) is 0 Å². The minimum absolute atomic E-state index is 0.781. The van der Waals surface area contributed by atoms with Crippen LogP contribution in [0.15, 0.2) is 0 Å². The van der Waals surface area contributed by atoms with Gasteiger partial charge in [-0.15, -0.1) is 0 Å². The molecule has 2 fully saturated rings. The first-order valence-corrected chi connectivity index (χ1v) is 8.79. The molecule has 0 aromatic heterocycles. The monoisotopic (exact) mass is 266 g/mol. The molecule has 2 aliphatic carbocycles. The van der Waals surface area contributed by atoms with E-state index < -0.39 is 0 Å². The summed E-state index contributed by atoms with van der Waals surface area (Å²) >= 11 is 0. The summed E-state index contributed by atoms with van der Waals surface area (Å²) in [6, 6.07) is 0.781. The van der Waals surface area contributed by atoms with Crippen LogP contribution in [0, 0.1) is 11.8 Å². The van der Waals surface area contributed by atoms with Crippen molar-refractivity contribution in [3.8, 4) is 0 Å². The number of rotatable bonds is 7. The Morgan fingerprint density at radius 1 is 0.895 bits per heavy atom. The molecule has 2 saturated carbocycles. The third kappa shape index (κ3) is 4.75. The van der Waals surface area contributed by atoms with E-state index in [0.717, 1.165) is 24.4 Å². The summed E-state index contributed by atoms with van der Waals surface area (Å²) < 4.78 is 0. The second-order valence-corrected chi connectivity index (χ2v) is 6.71. The summed E-state index contributed by atoms with van der Waals surface area (Å²) in [5.74, 6) is 1.91. The maximum absolute atomic E-state index is 3.76. The molecule has 2 atom stereocenters. The molecule has 2 nitrogen and oxygen atoms in total. The predicted molar refractivity (Wildman–Crippen MR) is 83.5 cm³/mol. The number of nitrogens with one attached hydrogen (secondary N) is 1. The lowest BCUT2D eigenvalue weighted by Gasteiger charge is -2.36. The molecule has 0 bridgehead atoms. The van der Waals surface area contributed by atoms with E-state index in [2.05, 4.69) is 24.1 Å². The van der Waals surface area contributed by atoms with Crippen molar-refractivity contribution in [2.24, 2.45) is 11.8 Å². The van der Waals surface area contributed by atoms with Crippen LogP contribution in [-0.2, 0) is 0 Å². The second-order valence-electron chi connectivity index (χ2n) is 6.71. The van der Waals surface area contributed by atoms with Crippen LogP contribution in [0.4, 0.5) is 0 Å². The lowest BCUT2D eigenvalue weighted by molar-refractivity contribution is 0.147. The number of hydrogen-bond donors (Lipinski definition) is 1. The van der Waals surface area contributed by atoms with Crippen LogP contribution < -0.4 is 5.32 Å². The van der Waals surface area contributed by atoms with Crippen molar-refractivity contribution >= 4 is 0 Å². The highest BCUT2D eigenvalue weighted by Gasteiger charge is 2.26. The average molecular weight is 266 g/mol. The average Bonchev–Trinajstić information content (AvgIpc) is 2.58. The zero-order valence-corrected chi connectivity index (χ0v) is 13.2. The van der Waals surface area contributed by atoms with Crippen molar-refractivity contribution in [2.45, 2.75) is 71.3 Å². The topological polar surface area (TPSA) is 15.3 Å². The normalized spacial score (nSPS) is 29.2. The molecule has 0 heterocycles. The van der Waals surface area contributed by atoms with Gasteiger partial charge in [0.2, 0.25) is 0 Å². The van der Waals surface area contributed by atoms with Crippen LogP contribution in [0.2, 0.25) is 0 Å². The standard InChI is InChI=1S/C17H34N2/c1-3-18-17-12-7-5-6-11-16(17)14-19(4-2)13-15-9-8-10-15/h15-18H,3-14H2,1-2H3. The molecule has 2 aliphatic rings. The van der Waals surface area contributed by atoms with Gasteiger partial charge in [-0.1, -0.05) is 39.5 Å². The Morgan fingerprint density at radius 3 is 2.32 bits per heavy atom. The van der Waals surface area contributed by atoms with Crippen molar-refractivity contribution < 1.29 is 0 Å². The number of nitrogens with zero attached hydrogens (tertiary/aromatic N) is 1. The van der Waals surface area contributed by atoms with Crippen LogP contribution in [0.5, 0.6) is 0 Å². The molecule has 0 aromatic carbocycles. The fourth-order valence-electron chi connectivity index (χ4n) is 3.84. The lowest BCUT2D eigenvalue weighted by Crippen LogP contribution is -2.43. The maximum atomic E-state index is 3.76. The fourth-order valence-corrected chi connectivity index (χ4v) is 3.84. The maximum Gasteiger partial charge on any atom is 0.0107 e. The van der Waals surface area contributed by atoms with Gasteiger partial charge in [-0.25, -0.2) is 0 Å². The van der Waals surface area contributed by atoms with Gasteiger partial charge in [0.25, 0.3) is 0 Å². The van der Waals surface area contributed by atoms with Gasteiger partial charge in [-0.2, -0.15) is 0 Å². The molecular formula is C17H34N2. The molecule has 0 aromatic rings. The Hall–Kier alpha value is -0.0800. The second kappa shape index (κ2) is 8.26. The first kappa shape index (κ1) is 15.3. The van der Waals surface area contributed by atoms with E-state index >= 15 is 0 Å². The van der Waals surface area contributed by atoms with Gasteiger partial charge in [0.15, 0.2) is 0 Å². The predicted octanol–water partition coefficient (Wildman–Crippen LogP) is 3.67.